The van der Waals surface area contributed by atoms with Gasteiger partial charge >= 0.3 is 12.1 Å². The Hall–Kier alpha value is -3.00. The monoisotopic (exact) mass is 381 g/mol. The Balaban J connectivity index is 1.89. The highest BCUT2D eigenvalue weighted by Crippen LogP contribution is 2.29. The molecule has 2 aromatic carbocycles. The average Bonchev–Trinajstić information content (AvgIpc) is 2.64. The first-order chi connectivity index (χ1) is 12.8. The number of ether oxygens (including phenoxy) is 1. The number of rotatable bonds is 8. The fraction of sp³-hybridized carbons (Fsp3) is 0.211. The van der Waals surface area contributed by atoms with Gasteiger partial charge in [0.15, 0.2) is 6.61 Å². The molecule has 0 aliphatic heterocycles. The summed E-state index contributed by atoms with van der Waals surface area (Å²) < 4.78 is 42.7. The summed E-state index contributed by atoms with van der Waals surface area (Å²) in [5, 5.41) is 8.59. The molecular weight excluding hydrogens is 363 g/mol. The standard InChI is InChI=1S/C19H18F3NO4/c1-2-17(14-5-9-16(10-6-14)26-12-18(24)25)23-27-11-13-3-7-15(8-4-13)19(20,21)22/h2-10,23H,11-12H2,1H3,(H,24,25). The number of carboxylic acid groups (broad SMARTS) is 1. The van der Waals surface area contributed by atoms with E-state index in [1.807, 2.05) is 0 Å². The van der Waals surface area contributed by atoms with E-state index in [0.717, 1.165) is 17.7 Å². The van der Waals surface area contributed by atoms with Crippen LogP contribution in [0.4, 0.5) is 13.2 Å². The molecule has 0 spiro atoms. The van der Waals surface area contributed by atoms with E-state index in [9.17, 15) is 18.0 Å². The van der Waals surface area contributed by atoms with Crippen LogP contribution in [0.3, 0.4) is 0 Å². The number of carboxylic acids is 1. The molecule has 8 heteroatoms. The second-order valence-electron chi connectivity index (χ2n) is 5.49. The number of hydrogen-bond acceptors (Lipinski definition) is 4. The van der Waals surface area contributed by atoms with E-state index in [4.69, 9.17) is 14.7 Å². The SMILES string of the molecule is CC=C(NOCc1ccc(C(F)(F)F)cc1)c1ccc(OCC(=O)O)cc1. The van der Waals surface area contributed by atoms with Crippen LogP contribution in [0.1, 0.15) is 23.6 Å². The van der Waals surface area contributed by atoms with Crippen LogP contribution in [0, 0.1) is 0 Å². The quantitative estimate of drug-likeness (QED) is 0.669. The number of hydroxylamine groups is 1. The zero-order chi connectivity index (χ0) is 19.9. The molecule has 0 saturated carbocycles. The fourth-order valence-corrected chi connectivity index (χ4v) is 2.15. The molecule has 2 N–H and O–H groups in total. The Kier molecular flexibility index (Phi) is 6.84. The lowest BCUT2D eigenvalue weighted by Crippen LogP contribution is -2.13. The molecule has 27 heavy (non-hydrogen) atoms. The molecule has 0 atom stereocenters. The largest absolute Gasteiger partial charge is 0.482 e. The van der Waals surface area contributed by atoms with Crippen molar-refractivity contribution in [1.29, 1.82) is 0 Å². The maximum Gasteiger partial charge on any atom is 0.416 e. The lowest BCUT2D eigenvalue weighted by Gasteiger charge is -2.12. The predicted molar refractivity (Wildman–Crippen MR) is 92.6 cm³/mol. The molecule has 0 aliphatic rings. The highest BCUT2D eigenvalue weighted by atomic mass is 19.4. The first-order valence-electron chi connectivity index (χ1n) is 7.95. The predicted octanol–water partition coefficient (Wildman–Crippen LogP) is 4.25. The summed E-state index contributed by atoms with van der Waals surface area (Å²) in [5.41, 5.74) is 4.05. The summed E-state index contributed by atoms with van der Waals surface area (Å²) in [5.74, 6) is -0.645. The highest BCUT2D eigenvalue weighted by molar-refractivity contribution is 5.68. The Bertz CT molecular complexity index is 784. The number of nitrogens with one attached hydrogen (secondary N) is 1. The number of allylic oxidation sites excluding steroid dienone is 1. The Labute approximate surface area is 154 Å². The van der Waals surface area contributed by atoms with Gasteiger partial charge in [-0.3, -0.25) is 10.3 Å². The second-order valence-corrected chi connectivity index (χ2v) is 5.49. The van der Waals surface area contributed by atoms with Crippen molar-refractivity contribution in [3.05, 3.63) is 71.3 Å². The maximum atomic E-state index is 12.5. The summed E-state index contributed by atoms with van der Waals surface area (Å²) >= 11 is 0. The smallest absolute Gasteiger partial charge is 0.416 e. The third-order valence-corrected chi connectivity index (χ3v) is 3.52. The van der Waals surface area contributed by atoms with Gasteiger partial charge in [0.1, 0.15) is 5.75 Å². The van der Waals surface area contributed by atoms with Crippen molar-refractivity contribution < 1.29 is 32.6 Å². The minimum atomic E-state index is -4.36. The van der Waals surface area contributed by atoms with Gasteiger partial charge in [0, 0.05) is 0 Å². The van der Waals surface area contributed by atoms with Gasteiger partial charge in [0.25, 0.3) is 0 Å². The molecule has 0 fully saturated rings. The molecule has 2 rings (SSSR count). The van der Waals surface area contributed by atoms with Crippen molar-refractivity contribution in [2.75, 3.05) is 6.61 Å². The molecular formula is C19H18F3NO4. The summed E-state index contributed by atoms with van der Waals surface area (Å²) in [6.45, 7) is 1.44. The second kappa shape index (κ2) is 9.09. The third-order valence-electron chi connectivity index (χ3n) is 3.52. The number of alkyl halides is 3. The molecule has 0 aromatic heterocycles. The van der Waals surface area contributed by atoms with E-state index in [1.165, 1.54) is 12.1 Å². The van der Waals surface area contributed by atoms with Crippen LogP contribution in [-0.2, 0) is 22.4 Å². The Morgan fingerprint density at radius 3 is 2.26 bits per heavy atom. The van der Waals surface area contributed by atoms with Crippen molar-refractivity contribution in [3.63, 3.8) is 0 Å². The molecule has 0 heterocycles. The zero-order valence-corrected chi connectivity index (χ0v) is 14.4. The van der Waals surface area contributed by atoms with E-state index in [0.29, 0.717) is 17.0 Å². The zero-order valence-electron chi connectivity index (χ0n) is 14.4. The van der Waals surface area contributed by atoms with Gasteiger partial charge in [-0.05, 0) is 54.4 Å². The summed E-state index contributed by atoms with van der Waals surface area (Å²) in [6, 6.07) is 11.4. The van der Waals surface area contributed by atoms with E-state index in [-0.39, 0.29) is 6.61 Å². The summed E-state index contributed by atoms with van der Waals surface area (Å²) in [4.78, 5) is 15.8. The number of carbonyl (C=O) groups is 1. The number of benzene rings is 2. The van der Waals surface area contributed by atoms with Crippen molar-refractivity contribution in [1.82, 2.24) is 5.48 Å². The van der Waals surface area contributed by atoms with E-state index >= 15 is 0 Å². The first kappa shape index (κ1) is 20.3. The van der Waals surface area contributed by atoms with E-state index in [1.54, 1.807) is 37.3 Å². The van der Waals surface area contributed by atoms with Crippen molar-refractivity contribution in [2.45, 2.75) is 19.7 Å². The van der Waals surface area contributed by atoms with E-state index < -0.39 is 24.3 Å². The van der Waals surface area contributed by atoms with Crippen LogP contribution >= 0.6 is 0 Å². The van der Waals surface area contributed by atoms with Crippen LogP contribution in [0.25, 0.3) is 5.70 Å². The first-order valence-corrected chi connectivity index (χ1v) is 7.95. The van der Waals surface area contributed by atoms with Crippen LogP contribution in [0.5, 0.6) is 5.75 Å². The van der Waals surface area contributed by atoms with Crippen molar-refractivity contribution in [2.24, 2.45) is 0 Å². The van der Waals surface area contributed by atoms with Crippen LogP contribution < -0.4 is 10.2 Å². The van der Waals surface area contributed by atoms with Gasteiger partial charge in [-0.15, -0.1) is 0 Å². The number of halogens is 3. The fourth-order valence-electron chi connectivity index (χ4n) is 2.15. The normalized spacial score (nSPS) is 11.9. The Morgan fingerprint density at radius 2 is 1.74 bits per heavy atom. The molecule has 0 saturated heterocycles. The minimum Gasteiger partial charge on any atom is -0.482 e. The van der Waals surface area contributed by atoms with Gasteiger partial charge in [-0.1, -0.05) is 18.2 Å². The van der Waals surface area contributed by atoms with Gasteiger partial charge < -0.3 is 9.84 Å². The Morgan fingerprint density at radius 1 is 1.11 bits per heavy atom. The molecule has 0 amide bonds. The maximum absolute atomic E-state index is 12.5. The number of hydrogen-bond donors (Lipinski definition) is 2. The summed E-state index contributed by atoms with van der Waals surface area (Å²) in [6.07, 6.45) is -2.60. The highest BCUT2D eigenvalue weighted by Gasteiger charge is 2.29. The van der Waals surface area contributed by atoms with Crippen molar-refractivity contribution in [3.8, 4) is 5.75 Å². The topological polar surface area (TPSA) is 67.8 Å². The lowest BCUT2D eigenvalue weighted by atomic mass is 10.1. The van der Waals surface area contributed by atoms with Crippen LogP contribution in [0.2, 0.25) is 0 Å². The summed E-state index contributed by atoms with van der Waals surface area (Å²) in [7, 11) is 0. The molecule has 0 unspecified atom stereocenters. The molecule has 144 valence electrons. The third kappa shape index (κ3) is 6.34. The van der Waals surface area contributed by atoms with Gasteiger partial charge in [-0.2, -0.15) is 13.2 Å². The average molecular weight is 381 g/mol. The molecule has 5 nitrogen and oxygen atoms in total. The molecule has 0 radical (unpaired) electrons. The minimum absolute atomic E-state index is 0.0787. The van der Waals surface area contributed by atoms with Crippen molar-refractivity contribution >= 4 is 11.7 Å². The van der Waals surface area contributed by atoms with Gasteiger partial charge in [0.05, 0.1) is 17.9 Å². The molecule has 0 aliphatic carbocycles. The lowest BCUT2D eigenvalue weighted by molar-refractivity contribution is -0.139. The number of aliphatic carboxylic acids is 1. The molecule has 0 bridgehead atoms. The van der Waals surface area contributed by atoms with Crippen LogP contribution in [0.15, 0.2) is 54.6 Å². The van der Waals surface area contributed by atoms with Gasteiger partial charge in [-0.25, -0.2) is 4.79 Å². The molecule has 2 aromatic rings. The van der Waals surface area contributed by atoms with Crippen LogP contribution in [-0.4, -0.2) is 17.7 Å². The van der Waals surface area contributed by atoms with E-state index in [2.05, 4.69) is 5.48 Å². The van der Waals surface area contributed by atoms with Gasteiger partial charge in [0.2, 0.25) is 0 Å².